The number of aromatic nitrogens is 2. The maximum absolute atomic E-state index is 10.4. The minimum Gasteiger partial charge on any atom is -0.496 e. The van der Waals surface area contributed by atoms with Gasteiger partial charge in [0, 0.05) is 55.8 Å². The van der Waals surface area contributed by atoms with Crippen molar-refractivity contribution >= 4 is 0 Å². The van der Waals surface area contributed by atoms with Crippen LogP contribution in [0.1, 0.15) is 11.3 Å². The molecular formula is C18H21N3O4. The zero-order chi connectivity index (χ0) is 17.2. The van der Waals surface area contributed by atoms with E-state index in [2.05, 4.69) is 14.9 Å². The van der Waals surface area contributed by atoms with Crippen LogP contribution in [-0.2, 0) is 13.0 Å². The van der Waals surface area contributed by atoms with Gasteiger partial charge >= 0.3 is 0 Å². The molecule has 1 saturated heterocycles. The van der Waals surface area contributed by atoms with E-state index in [1.807, 2.05) is 12.1 Å². The average Bonchev–Trinajstić information content (AvgIpc) is 3.21. The topological polar surface area (TPSA) is 76.9 Å². The van der Waals surface area contributed by atoms with E-state index in [0.717, 1.165) is 35.7 Å². The Morgan fingerprint density at radius 1 is 1.24 bits per heavy atom. The third kappa shape index (κ3) is 3.38. The van der Waals surface area contributed by atoms with Crippen LogP contribution < -0.4 is 14.2 Å². The largest absolute Gasteiger partial charge is 0.496 e. The quantitative estimate of drug-likeness (QED) is 0.875. The van der Waals surface area contributed by atoms with Crippen LogP contribution in [0.25, 0.3) is 0 Å². The fourth-order valence-corrected chi connectivity index (χ4v) is 3.50. The fraction of sp³-hybridized carbons (Fsp3) is 0.444. The van der Waals surface area contributed by atoms with Crippen molar-refractivity contribution < 1.29 is 19.3 Å². The van der Waals surface area contributed by atoms with E-state index < -0.39 is 0 Å². The molecule has 1 N–H and O–H groups in total. The highest BCUT2D eigenvalue weighted by molar-refractivity contribution is 5.51. The Labute approximate surface area is 146 Å². The molecule has 0 amide bonds. The van der Waals surface area contributed by atoms with Crippen LogP contribution in [0.4, 0.5) is 0 Å². The molecule has 0 bridgehead atoms. The monoisotopic (exact) mass is 343 g/mol. The molecule has 2 atom stereocenters. The number of hydrogen-bond acceptors (Lipinski definition) is 7. The molecule has 132 valence electrons. The van der Waals surface area contributed by atoms with Crippen molar-refractivity contribution in [2.75, 3.05) is 27.0 Å². The van der Waals surface area contributed by atoms with Gasteiger partial charge in [0.25, 0.3) is 0 Å². The number of aliphatic hydroxyl groups excluding tert-OH is 1. The van der Waals surface area contributed by atoms with Gasteiger partial charge in [0.05, 0.1) is 18.9 Å². The third-order valence-electron chi connectivity index (χ3n) is 4.74. The van der Waals surface area contributed by atoms with Gasteiger partial charge in [-0.2, -0.15) is 0 Å². The molecule has 3 heterocycles. The Balaban J connectivity index is 1.45. The molecule has 0 radical (unpaired) electrons. The zero-order valence-electron chi connectivity index (χ0n) is 14.1. The van der Waals surface area contributed by atoms with Gasteiger partial charge < -0.3 is 19.3 Å². The Morgan fingerprint density at radius 3 is 2.84 bits per heavy atom. The van der Waals surface area contributed by atoms with Crippen molar-refractivity contribution in [3.05, 3.63) is 42.0 Å². The molecule has 0 spiro atoms. The van der Waals surface area contributed by atoms with Gasteiger partial charge in [0.2, 0.25) is 6.79 Å². The number of rotatable bonds is 5. The lowest BCUT2D eigenvalue weighted by atomic mass is 10.0. The predicted molar refractivity (Wildman–Crippen MR) is 89.6 cm³/mol. The van der Waals surface area contributed by atoms with Gasteiger partial charge in [-0.15, -0.1) is 0 Å². The van der Waals surface area contributed by atoms with Crippen LogP contribution in [0.5, 0.6) is 17.2 Å². The zero-order valence-corrected chi connectivity index (χ0v) is 14.1. The summed E-state index contributed by atoms with van der Waals surface area (Å²) in [7, 11) is 1.65. The van der Waals surface area contributed by atoms with E-state index in [1.165, 1.54) is 0 Å². The molecule has 0 aliphatic carbocycles. The number of hydrogen-bond donors (Lipinski definition) is 1. The molecule has 1 aromatic heterocycles. The summed E-state index contributed by atoms with van der Waals surface area (Å²) in [5.74, 6) is 2.38. The van der Waals surface area contributed by atoms with Crippen molar-refractivity contribution in [3.63, 3.8) is 0 Å². The van der Waals surface area contributed by atoms with Gasteiger partial charge in [0.1, 0.15) is 5.75 Å². The minimum absolute atomic E-state index is 0.150. The molecule has 0 saturated carbocycles. The molecular weight excluding hydrogens is 322 g/mol. The third-order valence-corrected chi connectivity index (χ3v) is 4.74. The first-order chi connectivity index (χ1) is 12.2. The number of fused-ring (bicyclic) bond motifs is 1. The van der Waals surface area contributed by atoms with Gasteiger partial charge in [-0.25, -0.2) is 0 Å². The molecule has 25 heavy (non-hydrogen) atoms. The highest BCUT2D eigenvalue weighted by Crippen LogP contribution is 2.39. The standard InChI is InChI=1S/C18H21N3O4/c1-23-16-6-18-17(24-11-25-18)5-13(16)9-21-8-12(15(22)10-21)4-14-7-19-2-3-20-14/h2-3,5-7,12,15,22H,4,8-11H2,1H3/t12-,15-/m1/s1. The molecule has 2 aromatic rings. The Kier molecular flexibility index (Phi) is 4.42. The molecule has 7 nitrogen and oxygen atoms in total. The number of methoxy groups -OCH3 is 1. The first kappa shape index (κ1) is 16.1. The number of benzene rings is 1. The van der Waals surface area contributed by atoms with Gasteiger partial charge in [-0.3, -0.25) is 14.9 Å². The van der Waals surface area contributed by atoms with Crippen molar-refractivity contribution in [1.82, 2.24) is 14.9 Å². The van der Waals surface area contributed by atoms with Gasteiger partial charge in [-0.1, -0.05) is 0 Å². The lowest BCUT2D eigenvalue weighted by Crippen LogP contribution is -2.21. The number of ether oxygens (including phenoxy) is 3. The maximum atomic E-state index is 10.4. The molecule has 2 aliphatic heterocycles. The number of likely N-dealkylation sites (tertiary alicyclic amines) is 1. The van der Waals surface area contributed by atoms with Crippen LogP contribution in [0.3, 0.4) is 0 Å². The smallest absolute Gasteiger partial charge is 0.231 e. The molecule has 7 heteroatoms. The fourth-order valence-electron chi connectivity index (χ4n) is 3.50. The first-order valence-electron chi connectivity index (χ1n) is 8.34. The van der Waals surface area contributed by atoms with Crippen LogP contribution in [-0.4, -0.2) is 53.1 Å². The van der Waals surface area contributed by atoms with E-state index in [0.29, 0.717) is 18.8 Å². The molecule has 2 aliphatic rings. The minimum atomic E-state index is -0.373. The summed E-state index contributed by atoms with van der Waals surface area (Å²) < 4.78 is 16.3. The summed E-state index contributed by atoms with van der Waals surface area (Å²) in [5.41, 5.74) is 1.94. The van der Waals surface area contributed by atoms with Crippen LogP contribution in [0.15, 0.2) is 30.7 Å². The van der Waals surface area contributed by atoms with E-state index in [4.69, 9.17) is 14.2 Å². The summed E-state index contributed by atoms with van der Waals surface area (Å²) in [6, 6.07) is 3.82. The summed E-state index contributed by atoms with van der Waals surface area (Å²) >= 11 is 0. The Hall–Kier alpha value is -2.38. The normalized spacial score (nSPS) is 22.3. The summed E-state index contributed by atoms with van der Waals surface area (Å²) in [6.45, 7) is 2.36. The number of β-amino-alcohol motifs (C(OH)–C–C–N with tert-alkyl or cyclic N) is 1. The van der Waals surface area contributed by atoms with Crippen molar-refractivity contribution in [3.8, 4) is 17.2 Å². The van der Waals surface area contributed by atoms with E-state index in [1.54, 1.807) is 25.7 Å². The van der Waals surface area contributed by atoms with Gasteiger partial charge in [0.15, 0.2) is 11.5 Å². The summed E-state index contributed by atoms with van der Waals surface area (Å²) in [4.78, 5) is 10.6. The Bertz CT molecular complexity index is 741. The lowest BCUT2D eigenvalue weighted by Gasteiger charge is -2.18. The van der Waals surface area contributed by atoms with Crippen LogP contribution in [0, 0.1) is 5.92 Å². The van der Waals surface area contributed by atoms with Crippen LogP contribution >= 0.6 is 0 Å². The number of nitrogens with zero attached hydrogens (tertiary/aromatic N) is 3. The molecule has 1 aromatic carbocycles. The molecule has 0 unspecified atom stereocenters. The second kappa shape index (κ2) is 6.85. The second-order valence-electron chi connectivity index (χ2n) is 6.44. The van der Waals surface area contributed by atoms with E-state index in [9.17, 15) is 5.11 Å². The second-order valence-corrected chi connectivity index (χ2v) is 6.44. The predicted octanol–water partition coefficient (Wildman–Crippen LogP) is 1.25. The highest BCUT2D eigenvalue weighted by atomic mass is 16.7. The summed E-state index contributed by atoms with van der Waals surface area (Å²) in [5, 5.41) is 10.4. The highest BCUT2D eigenvalue weighted by Gasteiger charge is 2.32. The van der Waals surface area contributed by atoms with Crippen molar-refractivity contribution in [1.29, 1.82) is 0 Å². The van der Waals surface area contributed by atoms with E-state index >= 15 is 0 Å². The van der Waals surface area contributed by atoms with Crippen molar-refractivity contribution in [2.24, 2.45) is 5.92 Å². The SMILES string of the molecule is COc1cc2c(cc1CN1C[C@@H](Cc3cnccn3)[C@H](O)C1)OCO2. The Morgan fingerprint density at radius 2 is 2.08 bits per heavy atom. The summed E-state index contributed by atoms with van der Waals surface area (Å²) in [6.07, 6.45) is 5.46. The first-order valence-corrected chi connectivity index (χ1v) is 8.34. The van der Waals surface area contributed by atoms with Crippen molar-refractivity contribution in [2.45, 2.75) is 19.1 Å². The molecule has 1 fully saturated rings. The van der Waals surface area contributed by atoms with E-state index in [-0.39, 0.29) is 18.8 Å². The average molecular weight is 343 g/mol. The lowest BCUT2D eigenvalue weighted by molar-refractivity contribution is 0.140. The molecule has 4 rings (SSSR count). The van der Waals surface area contributed by atoms with Gasteiger partial charge in [-0.05, 0) is 12.5 Å². The van der Waals surface area contributed by atoms with Crippen LogP contribution in [0.2, 0.25) is 0 Å². The number of aliphatic hydroxyl groups is 1. The maximum Gasteiger partial charge on any atom is 0.231 e.